The first-order chi connectivity index (χ1) is 12.6. The highest BCUT2D eigenvalue weighted by atomic mass is 16.3. The van der Waals surface area contributed by atoms with Crippen molar-refractivity contribution in [1.29, 1.82) is 0 Å². The molecule has 0 saturated carbocycles. The van der Waals surface area contributed by atoms with E-state index in [1.54, 1.807) is 0 Å². The molecule has 0 aliphatic carbocycles. The summed E-state index contributed by atoms with van der Waals surface area (Å²) < 4.78 is 0. The van der Waals surface area contributed by atoms with Gasteiger partial charge in [0.2, 0.25) is 0 Å². The van der Waals surface area contributed by atoms with Crippen LogP contribution in [0.15, 0.2) is 24.3 Å². The third-order valence-corrected chi connectivity index (χ3v) is 4.31. The van der Waals surface area contributed by atoms with E-state index in [0.29, 0.717) is 10.8 Å². The minimum atomic E-state index is -0.531. The Labute approximate surface area is 183 Å². The predicted molar refractivity (Wildman–Crippen MR) is 132 cm³/mol. The van der Waals surface area contributed by atoms with E-state index in [2.05, 4.69) is 107 Å². The minimum Gasteiger partial charge on any atom is -0.390 e. The molecule has 0 atom stereocenters. The standard InChI is InChI=1S/C16H26.C12H26O/c1-15(2,3)11-13-7-9-14(10-8-13)12-16(4,5)6;1-10(2,3)8-12(7,13)9-11(4,5)6/h7-10H,11-12H2,1-6H3;13H,8-9H2,1-7H3. The Kier molecular flexibility index (Phi) is 9.71. The number of hydrogen-bond acceptors (Lipinski definition) is 1. The number of hydrogen-bond donors (Lipinski definition) is 1. The fraction of sp³-hybridized carbons (Fsp3) is 0.786. The average Bonchev–Trinajstić information content (AvgIpc) is 2.32. The first kappa shape index (κ1) is 28.2. The van der Waals surface area contributed by atoms with Crippen molar-refractivity contribution in [1.82, 2.24) is 0 Å². The maximum atomic E-state index is 10.2. The molecule has 1 aromatic rings. The molecule has 1 N–H and O–H groups in total. The SMILES string of the molecule is CC(C)(C)CC(C)(O)CC(C)(C)C.CC(C)(C)Cc1ccc(CC(C)(C)C)cc1. The molecule has 1 heteroatoms. The summed E-state index contributed by atoms with van der Waals surface area (Å²) in [5, 5.41) is 10.2. The summed E-state index contributed by atoms with van der Waals surface area (Å²) in [6, 6.07) is 9.14. The zero-order valence-corrected chi connectivity index (χ0v) is 22.1. The van der Waals surface area contributed by atoms with Crippen molar-refractivity contribution in [2.45, 2.75) is 121 Å². The lowest BCUT2D eigenvalue weighted by atomic mass is 9.75. The van der Waals surface area contributed by atoms with Crippen LogP contribution in [0.1, 0.15) is 114 Å². The van der Waals surface area contributed by atoms with E-state index in [-0.39, 0.29) is 10.8 Å². The zero-order valence-electron chi connectivity index (χ0n) is 22.1. The molecular weight excluding hydrogens is 352 g/mol. The maximum Gasteiger partial charge on any atom is 0.0629 e. The Hall–Kier alpha value is -0.820. The highest BCUT2D eigenvalue weighted by molar-refractivity contribution is 5.24. The summed E-state index contributed by atoms with van der Waals surface area (Å²) in [5.74, 6) is 0. The largest absolute Gasteiger partial charge is 0.390 e. The van der Waals surface area contributed by atoms with Crippen molar-refractivity contribution >= 4 is 0 Å². The van der Waals surface area contributed by atoms with E-state index >= 15 is 0 Å². The molecular formula is C28H52O. The molecule has 0 aliphatic heterocycles. The lowest BCUT2D eigenvalue weighted by Gasteiger charge is -2.35. The van der Waals surface area contributed by atoms with Crippen molar-refractivity contribution < 1.29 is 5.11 Å². The van der Waals surface area contributed by atoms with Gasteiger partial charge in [-0.05, 0) is 65.4 Å². The van der Waals surface area contributed by atoms with Gasteiger partial charge in [-0.3, -0.25) is 0 Å². The van der Waals surface area contributed by atoms with Gasteiger partial charge in [0, 0.05) is 0 Å². The lowest BCUT2D eigenvalue weighted by Crippen LogP contribution is -2.34. The second-order valence-corrected chi connectivity index (χ2v) is 14.3. The first-order valence-electron chi connectivity index (χ1n) is 11.4. The Morgan fingerprint density at radius 3 is 0.897 bits per heavy atom. The first-order valence-corrected chi connectivity index (χ1v) is 11.4. The van der Waals surface area contributed by atoms with Gasteiger partial charge in [-0.15, -0.1) is 0 Å². The van der Waals surface area contributed by atoms with E-state index < -0.39 is 5.60 Å². The second-order valence-electron chi connectivity index (χ2n) is 14.3. The van der Waals surface area contributed by atoms with E-state index in [4.69, 9.17) is 0 Å². The summed E-state index contributed by atoms with van der Waals surface area (Å²) in [7, 11) is 0. The maximum absolute atomic E-state index is 10.2. The van der Waals surface area contributed by atoms with Gasteiger partial charge >= 0.3 is 0 Å². The molecule has 0 spiro atoms. The molecule has 0 unspecified atom stereocenters. The topological polar surface area (TPSA) is 20.2 Å². The Bertz CT molecular complexity index is 525. The van der Waals surface area contributed by atoms with Gasteiger partial charge in [0.1, 0.15) is 0 Å². The molecule has 0 saturated heterocycles. The van der Waals surface area contributed by atoms with Crippen LogP contribution < -0.4 is 0 Å². The molecule has 0 aliphatic rings. The van der Waals surface area contributed by atoms with Gasteiger partial charge in [0.25, 0.3) is 0 Å². The quantitative estimate of drug-likeness (QED) is 0.533. The molecule has 170 valence electrons. The van der Waals surface area contributed by atoms with Gasteiger partial charge in [0.05, 0.1) is 5.60 Å². The van der Waals surface area contributed by atoms with E-state index in [1.165, 1.54) is 11.1 Å². The number of aliphatic hydroxyl groups is 1. The monoisotopic (exact) mass is 404 g/mol. The molecule has 0 aromatic heterocycles. The fourth-order valence-corrected chi connectivity index (χ4v) is 4.35. The van der Waals surface area contributed by atoms with Crippen LogP contribution in [0.4, 0.5) is 0 Å². The molecule has 0 radical (unpaired) electrons. The van der Waals surface area contributed by atoms with Crippen LogP contribution in [0.3, 0.4) is 0 Å². The summed E-state index contributed by atoms with van der Waals surface area (Å²) in [5.41, 5.74) is 3.53. The van der Waals surface area contributed by atoms with Gasteiger partial charge < -0.3 is 5.11 Å². The van der Waals surface area contributed by atoms with Crippen molar-refractivity contribution in [3.8, 4) is 0 Å². The fourth-order valence-electron chi connectivity index (χ4n) is 4.35. The van der Waals surface area contributed by atoms with Gasteiger partial charge in [-0.2, -0.15) is 0 Å². The van der Waals surface area contributed by atoms with Gasteiger partial charge in [-0.25, -0.2) is 0 Å². The molecule has 1 nitrogen and oxygen atoms in total. The van der Waals surface area contributed by atoms with Crippen LogP contribution in [-0.4, -0.2) is 10.7 Å². The van der Waals surface area contributed by atoms with Crippen LogP contribution in [-0.2, 0) is 12.8 Å². The van der Waals surface area contributed by atoms with Crippen molar-refractivity contribution in [2.75, 3.05) is 0 Å². The summed E-state index contributed by atoms with van der Waals surface area (Å²) >= 11 is 0. The summed E-state index contributed by atoms with van der Waals surface area (Å²) in [4.78, 5) is 0. The zero-order chi connectivity index (χ0) is 23.3. The van der Waals surface area contributed by atoms with Crippen LogP contribution in [0.5, 0.6) is 0 Å². The molecule has 29 heavy (non-hydrogen) atoms. The molecule has 0 fully saturated rings. The van der Waals surface area contributed by atoms with Crippen LogP contribution in [0, 0.1) is 21.7 Å². The molecule has 1 rings (SSSR count). The average molecular weight is 405 g/mol. The van der Waals surface area contributed by atoms with Crippen molar-refractivity contribution in [3.05, 3.63) is 35.4 Å². The number of rotatable bonds is 4. The van der Waals surface area contributed by atoms with E-state index in [9.17, 15) is 5.11 Å². The summed E-state index contributed by atoms with van der Waals surface area (Å²) in [6.45, 7) is 28.7. The van der Waals surface area contributed by atoms with Crippen LogP contribution in [0.25, 0.3) is 0 Å². The third kappa shape index (κ3) is 17.7. The second kappa shape index (κ2) is 9.99. The Balaban J connectivity index is 0.000000555. The Morgan fingerprint density at radius 1 is 0.483 bits per heavy atom. The molecule has 0 bridgehead atoms. The van der Waals surface area contributed by atoms with E-state index in [1.807, 2.05) is 6.92 Å². The highest BCUT2D eigenvalue weighted by Crippen LogP contribution is 2.35. The Morgan fingerprint density at radius 2 is 0.724 bits per heavy atom. The van der Waals surface area contributed by atoms with Gasteiger partial charge in [0.15, 0.2) is 0 Å². The smallest absolute Gasteiger partial charge is 0.0629 e. The summed E-state index contributed by atoms with van der Waals surface area (Å²) in [6.07, 6.45) is 4.03. The normalized spacial score (nSPS) is 13.7. The van der Waals surface area contributed by atoms with Crippen LogP contribution in [0.2, 0.25) is 0 Å². The highest BCUT2D eigenvalue weighted by Gasteiger charge is 2.31. The van der Waals surface area contributed by atoms with Crippen LogP contribution >= 0.6 is 0 Å². The number of benzene rings is 1. The molecule has 0 amide bonds. The van der Waals surface area contributed by atoms with Gasteiger partial charge in [-0.1, -0.05) is 107 Å². The molecule has 0 heterocycles. The van der Waals surface area contributed by atoms with Crippen molar-refractivity contribution in [2.24, 2.45) is 21.7 Å². The lowest BCUT2D eigenvalue weighted by molar-refractivity contribution is -0.0143. The van der Waals surface area contributed by atoms with Crippen molar-refractivity contribution in [3.63, 3.8) is 0 Å². The van der Waals surface area contributed by atoms with E-state index in [0.717, 1.165) is 25.7 Å². The molecule has 1 aromatic carbocycles. The third-order valence-electron chi connectivity index (χ3n) is 4.31. The predicted octanol–water partition coefficient (Wildman–Crippen LogP) is 8.47. The minimum absolute atomic E-state index is 0.203.